The minimum Gasteiger partial charge on any atom is -0.381 e. The number of pyridine rings is 1. The van der Waals surface area contributed by atoms with Crippen molar-refractivity contribution in [3.63, 3.8) is 0 Å². The number of fused-ring (bicyclic) bond motifs is 2. The zero-order valence-corrected chi connectivity index (χ0v) is 25.9. The maximum Gasteiger partial charge on any atom is 0.229 e. The van der Waals surface area contributed by atoms with E-state index in [9.17, 15) is 9.18 Å². The van der Waals surface area contributed by atoms with Crippen molar-refractivity contribution in [3.8, 4) is 11.3 Å². The van der Waals surface area contributed by atoms with E-state index in [4.69, 9.17) is 19.7 Å². The summed E-state index contributed by atoms with van der Waals surface area (Å²) in [6.07, 6.45) is 7.93. The molecule has 0 spiro atoms. The predicted molar refractivity (Wildman–Crippen MR) is 175 cm³/mol. The summed E-state index contributed by atoms with van der Waals surface area (Å²) in [5.41, 5.74) is 5.39. The molecule has 9 nitrogen and oxygen atoms in total. The second-order valence-corrected chi connectivity index (χ2v) is 11.9. The topological polar surface area (TPSA) is 106 Å². The van der Waals surface area contributed by atoms with Crippen molar-refractivity contribution in [1.29, 1.82) is 0 Å². The van der Waals surface area contributed by atoms with E-state index in [0.717, 1.165) is 70.1 Å². The maximum absolute atomic E-state index is 13.3. The number of rotatable bonds is 11. The molecular weight excluding hydrogens is 569 g/mol. The quantitative estimate of drug-likeness (QED) is 0.154. The molecule has 45 heavy (non-hydrogen) atoms. The molecule has 10 heteroatoms. The second-order valence-electron chi connectivity index (χ2n) is 11.9. The molecule has 1 aliphatic carbocycles. The number of nitrogens with zero attached hydrogens (tertiary/aromatic N) is 5. The fourth-order valence-electron chi connectivity index (χ4n) is 6.02. The summed E-state index contributed by atoms with van der Waals surface area (Å²) in [6.45, 7) is 7.87. The molecule has 0 aliphatic heterocycles. The Morgan fingerprint density at radius 3 is 2.67 bits per heavy atom. The van der Waals surface area contributed by atoms with Gasteiger partial charge in [-0.2, -0.15) is 19.6 Å². The van der Waals surface area contributed by atoms with Crippen molar-refractivity contribution in [2.24, 2.45) is 0 Å². The zero-order valence-electron chi connectivity index (χ0n) is 25.9. The number of ether oxygens (including phenoxy) is 1. The Morgan fingerprint density at radius 1 is 1.11 bits per heavy atom. The van der Waals surface area contributed by atoms with Gasteiger partial charge in [0.25, 0.3) is 0 Å². The van der Waals surface area contributed by atoms with E-state index in [0.29, 0.717) is 24.5 Å². The number of nitrogens with one attached hydrogen (secondary N) is 2. The average molecular weight is 608 g/mol. The third-order valence-corrected chi connectivity index (χ3v) is 8.56. The van der Waals surface area contributed by atoms with Gasteiger partial charge in [-0.3, -0.25) is 9.78 Å². The lowest BCUT2D eigenvalue weighted by molar-refractivity contribution is -0.116. The van der Waals surface area contributed by atoms with Gasteiger partial charge in [0, 0.05) is 48.8 Å². The summed E-state index contributed by atoms with van der Waals surface area (Å²) < 4.78 is 20.6. The van der Waals surface area contributed by atoms with Gasteiger partial charge in [-0.05, 0) is 54.2 Å². The largest absolute Gasteiger partial charge is 0.381 e. The van der Waals surface area contributed by atoms with Crippen LogP contribution in [0.5, 0.6) is 0 Å². The molecule has 6 rings (SSSR count). The Hall–Kier alpha value is -4.70. The first-order valence-electron chi connectivity index (χ1n) is 15.4. The van der Waals surface area contributed by atoms with Gasteiger partial charge in [0.2, 0.25) is 11.9 Å². The van der Waals surface area contributed by atoms with Gasteiger partial charge < -0.3 is 15.4 Å². The Balaban J connectivity index is 1.29. The van der Waals surface area contributed by atoms with Crippen LogP contribution in [-0.2, 0) is 22.5 Å². The van der Waals surface area contributed by atoms with Gasteiger partial charge in [0.1, 0.15) is 0 Å². The van der Waals surface area contributed by atoms with E-state index in [-0.39, 0.29) is 18.4 Å². The van der Waals surface area contributed by atoms with Crippen molar-refractivity contribution in [3.05, 3.63) is 90.0 Å². The van der Waals surface area contributed by atoms with Crippen molar-refractivity contribution < 1.29 is 13.9 Å². The molecule has 2 N–H and O–H groups in total. The first-order valence-corrected chi connectivity index (χ1v) is 15.4. The van der Waals surface area contributed by atoms with Crippen LogP contribution in [0.4, 0.5) is 16.3 Å². The lowest BCUT2D eigenvalue weighted by Gasteiger charge is -2.28. The highest BCUT2D eigenvalue weighted by Gasteiger charge is 2.23. The standard InChI is InChI=1S/C35H38FN7O2/c1-21(2)30-20-39-43-33(30)41-34(40-26-10-12-27(45-4)13-11-26)42-35(43)38-19-25-7-5-6-8-28(25)32-29-14-9-23(18-31(44)22(3)36)17-24(29)15-16-37-32/h5-9,14-17,20-21,26-27H,3,10-13,18-19H2,1-2,4H3,(H2,38,40,41,42). The first-order chi connectivity index (χ1) is 21.8. The van der Waals surface area contributed by atoms with E-state index in [1.54, 1.807) is 17.8 Å². The van der Waals surface area contributed by atoms with Gasteiger partial charge in [0.05, 0.1) is 18.0 Å². The number of hydrogen-bond donors (Lipinski definition) is 2. The second kappa shape index (κ2) is 13.1. The molecule has 3 heterocycles. The van der Waals surface area contributed by atoms with Gasteiger partial charge in [-0.25, -0.2) is 4.39 Å². The first kappa shape index (κ1) is 30.3. The highest BCUT2D eigenvalue weighted by molar-refractivity contribution is 5.98. The van der Waals surface area contributed by atoms with Crippen LogP contribution in [0.25, 0.3) is 27.7 Å². The molecule has 5 aromatic rings. The van der Waals surface area contributed by atoms with Crippen LogP contribution in [0, 0.1) is 0 Å². The van der Waals surface area contributed by atoms with Crippen LogP contribution < -0.4 is 10.6 Å². The normalized spacial score (nSPS) is 16.7. The number of hydrogen-bond acceptors (Lipinski definition) is 8. The molecule has 2 aromatic carbocycles. The number of aromatic nitrogens is 5. The van der Waals surface area contributed by atoms with E-state index in [2.05, 4.69) is 42.2 Å². The Kier molecular flexibility index (Phi) is 8.84. The number of ketones is 1. The van der Waals surface area contributed by atoms with Crippen LogP contribution in [0.2, 0.25) is 0 Å². The van der Waals surface area contributed by atoms with Crippen molar-refractivity contribution in [2.75, 3.05) is 17.7 Å². The van der Waals surface area contributed by atoms with Crippen LogP contribution in [-0.4, -0.2) is 49.6 Å². The summed E-state index contributed by atoms with van der Waals surface area (Å²) in [6, 6.07) is 16.0. The van der Waals surface area contributed by atoms with Crippen LogP contribution in [0.1, 0.15) is 62.1 Å². The molecule has 0 unspecified atom stereocenters. The molecule has 0 radical (unpaired) electrons. The molecule has 1 fully saturated rings. The number of anilines is 2. The number of methoxy groups -OCH3 is 1. The highest BCUT2D eigenvalue weighted by atomic mass is 19.1. The maximum atomic E-state index is 13.3. The number of benzene rings is 2. The van der Waals surface area contributed by atoms with Gasteiger partial charge in [-0.15, -0.1) is 0 Å². The Morgan fingerprint density at radius 2 is 1.91 bits per heavy atom. The zero-order chi connectivity index (χ0) is 31.5. The van der Waals surface area contributed by atoms with E-state index < -0.39 is 11.6 Å². The lowest BCUT2D eigenvalue weighted by Crippen LogP contribution is -2.30. The summed E-state index contributed by atoms with van der Waals surface area (Å²) in [7, 11) is 1.78. The van der Waals surface area contributed by atoms with E-state index in [1.807, 2.05) is 48.7 Å². The number of halogens is 1. The fourth-order valence-corrected chi connectivity index (χ4v) is 6.02. The van der Waals surface area contributed by atoms with Crippen molar-refractivity contribution in [2.45, 2.75) is 70.6 Å². The minimum absolute atomic E-state index is 0.0337. The minimum atomic E-state index is -0.930. The highest BCUT2D eigenvalue weighted by Crippen LogP contribution is 2.31. The molecule has 0 bridgehead atoms. The van der Waals surface area contributed by atoms with Crippen molar-refractivity contribution >= 4 is 34.1 Å². The van der Waals surface area contributed by atoms with E-state index in [1.165, 1.54) is 0 Å². The van der Waals surface area contributed by atoms with Crippen LogP contribution >= 0.6 is 0 Å². The molecule has 1 aliphatic rings. The summed E-state index contributed by atoms with van der Waals surface area (Å²) in [5, 5.41) is 13.6. The molecule has 1 saturated carbocycles. The smallest absolute Gasteiger partial charge is 0.229 e. The van der Waals surface area contributed by atoms with Crippen LogP contribution in [0.15, 0.2) is 73.3 Å². The summed E-state index contributed by atoms with van der Waals surface area (Å²) in [4.78, 5) is 26.4. The average Bonchev–Trinajstić information content (AvgIpc) is 3.48. The molecule has 0 saturated heterocycles. The van der Waals surface area contributed by atoms with Gasteiger partial charge in [-0.1, -0.05) is 62.9 Å². The van der Waals surface area contributed by atoms with Crippen LogP contribution in [0.3, 0.4) is 0 Å². The molecular formula is C35H38FN7O2. The Labute approximate surface area is 262 Å². The molecule has 0 amide bonds. The molecule has 3 aromatic heterocycles. The number of carbonyl (C=O) groups is 1. The van der Waals surface area contributed by atoms with E-state index >= 15 is 0 Å². The van der Waals surface area contributed by atoms with Gasteiger partial charge in [0.15, 0.2) is 17.3 Å². The van der Waals surface area contributed by atoms with Crippen molar-refractivity contribution in [1.82, 2.24) is 24.6 Å². The third kappa shape index (κ3) is 6.56. The fraction of sp³-hybridized carbons (Fsp3) is 0.343. The molecule has 232 valence electrons. The lowest BCUT2D eigenvalue weighted by atomic mass is 9.93. The van der Waals surface area contributed by atoms with Gasteiger partial charge >= 0.3 is 0 Å². The monoisotopic (exact) mass is 607 g/mol. The number of Topliss-reactive ketones (excluding diaryl/α,β-unsaturated/α-hetero) is 1. The SMILES string of the molecule is C=C(F)C(=O)Cc1ccc2c(-c3ccccc3CNc3nc(NC4CCC(OC)CC4)nc4c(C(C)C)cnn34)nccc2c1. The Bertz CT molecular complexity index is 1860. The summed E-state index contributed by atoms with van der Waals surface area (Å²) >= 11 is 0. The number of allylic oxidation sites excluding steroid dienone is 1. The molecule has 0 atom stereocenters. The predicted octanol–water partition coefficient (Wildman–Crippen LogP) is 7.04. The third-order valence-electron chi connectivity index (χ3n) is 8.56. The number of carbonyl (C=O) groups excluding carboxylic acids is 1. The summed E-state index contributed by atoms with van der Waals surface area (Å²) in [5.74, 6) is -0.107.